The summed E-state index contributed by atoms with van der Waals surface area (Å²) in [6.07, 6.45) is 1.34. The van der Waals surface area contributed by atoms with Gasteiger partial charge in [0.15, 0.2) is 0 Å². The van der Waals surface area contributed by atoms with Gasteiger partial charge in [-0.05, 0) is 56.3 Å². The maximum absolute atomic E-state index is 14.5. The summed E-state index contributed by atoms with van der Waals surface area (Å²) in [6.45, 7) is 3.32. The number of hydrogen-bond acceptors (Lipinski definition) is 6. The maximum Gasteiger partial charge on any atom is 0.340 e. The fourth-order valence-corrected chi connectivity index (χ4v) is 3.88. The second-order valence-electron chi connectivity index (χ2n) is 8.41. The van der Waals surface area contributed by atoms with E-state index >= 15 is 0 Å². The number of rotatable bonds is 6. The molecule has 2 aromatic carbocycles. The van der Waals surface area contributed by atoms with Crippen molar-refractivity contribution in [3.63, 3.8) is 0 Å². The van der Waals surface area contributed by atoms with Gasteiger partial charge in [0.05, 0.1) is 30.5 Å². The van der Waals surface area contributed by atoms with Crippen molar-refractivity contribution in [2.75, 3.05) is 17.3 Å². The summed E-state index contributed by atoms with van der Waals surface area (Å²) in [5.74, 6) is -3.23. The summed E-state index contributed by atoms with van der Waals surface area (Å²) in [5, 5.41) is 4.96. The summed E-state index contributed by atoms with van der Waals surface area (Å²) < 4.78 is 25.0. The first-order chi connectivity index (χ1) is 18.2. The number of carbonyl (C=O) groups excluding carboxylic acids is 4. The third-order valence-corrected chi connectivity index (χ3v) is 5.79. The quantitative estimate of drug-likeness (QED) is 0.291. The smallest absolute Gasteiger partial charge is 0.340 e. The Morgan fingerprint density at radius 3 is 2.39 bits per heavy atom. The molecule has 0 spiro atoms. The van der Waals surface area contributed by atoms with Crippen LogP contribution in [0.15, 0.2) is 81.9 Å². The number of allylic oxidation sites excluding steroid dienone is 1. The van der Waals surface area contributed by atoms with Gasteiger partial charge in [0.25, 0.3) is 5.91 Å². The van der Waals surface area contributed by atoms with E-state index in [1.165, 1.54) is 44.4 Å². The standard InChI is InChI=1S/C28H24FN3O6/c1-16-8-10-18(11-9-16)31-26(34)25(33)30-15-20-13-12-19(38-20)14-21-24(28(36)37-3)17(2)32(27(21)35)23-7-5-4-6-22(23)29/h4-14H,15H2,1-3H3,(H,30,33)(H,31,34)/b21-14+. The number of amides is 3. The van der Waals surface area contributed by atoms with Gasteiger partial charge in [-0.2, -0.15) is 0 Å². The second-order valence-corrected chi connectivity index (χ2v) is 8.41. The van der Waals surface area contributed by atoms with Gasteiger partial charge in [0.1, 0.15) is 17.3 Å². The molecular weight excluding hydrogens is 493 g/mol. The van der Waals surface area contributed by atoms with Crippen LogP contribution in [0.5, 0.6) is 0 Å². The number of hydrogen-bond donors (Lipinski definition) is 2. The second kappa shape index (κ2) is 11.0. The predicted octanol–water partition coefficient (Wildman–Crippen LogP) is 3.86. The van der Waals surface area contributed by atoms with E-state index in [-0.39, 0.29) is 34.8 Å². The number of halogens is 1. The molecule has 1 aliphatic rings. The van der Waals surface area contributed by atoms with E-state index < -0.39 is 29.5 Å². The molecule has 0 atom stereocenters. The largest absolute Gasteiger partial charge is 0.465 e. The van der Waals surface area contributed by atoms with Crippen molar-refractivity contribution in [2.24, 2.45) is 0 Å². The number of methoxy groups -OCH3 is 1. The van der Waals surface area contributed by atoms with Gasteiger partial charge in [-0.25, -0.2) is 9.18 Å². The molecule has 0 bridgehead atoms. The highest BCUT2D eigenvalue weighted by Gasteiger charge is 2.39. The van der Waals surface area contributed by atoms with E-state index in [9.17, 15) is 23.6 Å². The van der Waals surface area contributed by atoms with E-state index in [0.717, 1.165) is 10.5 Å². The number of anilines is 2. The van der Waals surface area contributed by atoms with Crippen LogP contribution in [0.3, 0.4) is 0 Å². The third kappa shape index (κ3) is 5.39. The van der Waals surface area contributed by atoms with Crippen LogP contribution in [0.4, 0.5) is 15.8 Å². The van der Waals surface area contributed by atoms with Crippen molar-refractivity contribution in [3.8, 4) is 0 Å². The molecule has 2 heterocycles. The van der Waals surface area contributed by atoms with Gasteiger partial charge in [-0.1, -0.05) is 29.8 Å². The van der Waals surface area contributed by atoms with Gasteiger partial charge in [0, 0.05) is 11.4 Å². The van der Waals surface area contributed by atoms with Crippen LogP contribution in [0, 0.1) is 12.7 Å². The molecule has 1 aromatic heterocycles. The molecule has 1 aliphatic heterocycles. The molecule has 4 rings (SSSR count). The molecule has 3 aromatic rings. The van der Waals surface area contributed by atoms with Crippen LogP contribution in [0.1, 0.15) is 24.0 Å². The SMILES string of the molecule is COC(=O)C1=C(C)N(c2ccccc2F)C(=O)/C1=C/c1ccc(CNC(=O)C(=O)Nc2ccc(C)cc2)o1. The molecule has 9 nitrogen and oxygen atoms in total. The first-order valence-corrected chi connectivity index (χ1v) is 11.5. The van der Waals surface area contributed by atoms with Crippen molar-refractivity contribution in [1.82, 2.24) is 5.32 Å². The number of carbonyl (C=O) groups is 4. The minimum atomic E-state index is -0.861. The third-order valence-electron chi connectivity index (χ3n) is 5.79. The van der Waals surface area contributed by atoms with Gasteiger partial charge >= 0.3 is 17.8 Å². The molecule has 0 unspecified atom stereocenters. The van der Waals surface area contributed by atoms with E-state index in [2.05, 4.69) is 10.6 Å². The van der Waals surface area contributed by atoms with Gasteiger partial charge in [-0.3, -0.25) is 19.3 Å². The van der Waals surface area contributed by atoms with Crippen LogP contribution in [0.25, 0.3) is 6.08 Å². The zero-order valence-electron chi connectivity index (χ0n) is 20.8. The molecule has 3 amide bonds. The van der Waals surface area contributed by atoms with Crippen LogP contribution in [-0.4, -0.2) is 30.8 Å². The van der Waals surface area contributed by atoms with Gasteiger partial charge in [0.2, 0.25) is 0 Å². The number of furan rings is 1. The van der Waals surface area contributed by atoms with Crippen molar-refractivity contribution in [2.45, 2.75) is 20.4 Å². The summed E-state index contributed by atoms with van der Waals surface area (Å²) in [5.41, 5.74) is 1.63. The Labute approximate surface area is 217 Å². The zero-order chi connectivity index (χ0) is 27.4. The molecule has 38 heavy (non-hydrogen) atoms. The number of aryl methyl sites for hydroxylation is 1. The monoisotopic (exact) mass is 517 g/mol. The zero-order valence-corrected chi connectivity index (χ0v) is 20.8. The van der Waals surface area contributed by atoms with E-state index in [1.807, 2.05) is 6.92 Å². The minimum Gasteiger partial charge on any atom is -0.465 e. The molecular formula is C28H24FN3O6. The van der Waals surface area contributed by atoms with Crippen molar-refractivity contribution in [3.05, 3.63) is 100 Å². The molecule has 0 aliphatic carbocycles. The average molecular weight is 518 g/mol. The Bertz CT molecular complexity index is 1490. The summed E-state index contributed by atoms with van der Waals surface area (Å²) in [4.78, 5) is 51.2. The maximum atomic E-state index is 14.5. The van der Waals surface area contributed by atoms with Crippen molar-refractivity contribution >= 4 is 41.1 Å². The number of nitrogens with zero attached hydrogens (tertiary/aromatic N) is 1. The lowest BCUT2D eigenvalue weighted by Crippen LogP contribution is -2.34. The lowest BCUT2D eigenvalue weighted by atomic mass is 10.1. The lowest BCUT2D eigenvalue weighted by molar-refractivity contribution is -0.136. The molecule has 0 saturated carbocycles. The average Bonchev–Trinajstić information content (AvgIpc) is 3.45. The normalized spacial score (nSPS) is 14.2. The number of ether oxygens (including phenoxy) is 1. The van der Waals surface area contributed by atoms with Gasteiger partial charge < -0.3 is 19.8 Å². The van der Waals surface area contributed by atoms with E-state index in [1.54, 1.807) is 36.4 Å². The van der Waals surface area contributed by atoms with Crippen LogP contribution in [0.2, 0.25) is 0 Å². The summed E-state index contributed by atoms with van der Waals surface area (Å²) in [7, 11) is 1.18. The van der Waals surface area contributed by atoms with Gasteiger partial charge in [-0.15, -0.1) is 0 Å². The highest BCUT2D eigenvalue weighted by atomic mass is 19.1. The highest BCUT2D eigenvalue weighted by molar-refractivity contribution is 6.39. The number of esters is 1. The molecule has 0 radical (unpaired) electrons. The first-order valence-electron chi connectivity index (χ1n) is 11.5. The van der Waals surface area contributed by atoms with Crippen molar-refractivity contribution < 1.29 is 32.7 Å². The fourth-order valence-electron chi connectivity index (χ4n) is 3.88. The molecule has 2 N–H and O–H groups in total. The predicted molar refractivity (Wildman–Crippen MR) is 137 cm³/mol. The summed E-state index contributed by atoms with van der Waals surface area (Å²) >= 11 is 0. The Kier molecular flexibility index (Phi) is 7.52. The van der Waals surface area contributed by atoms with Crippen LogP contribution < -0.4 is 15.5 Å². The first kappa shape index (κ1) is 26.1. The fraction of sp³-hybridized carbons (Fsp3) is 0.143. The molecule has 0 saturated heterocycles. The van der Waals surface area contributed by atoms with Crippen LogP contribution >= 0.6 is 0 Å². The molecule has 10 heteroatoms. The lowest BCUT2D eigenvalue weighted by Gasteiger charge is -2.18. The van der Waals surface area contributed by atoms with E-state index in [4.69, 9.17) is 9.15 Å². The Hall–Kier alpha value is -4.99. The Morgan fingerprint density at radius 2 is 1.71 bits per heavy atom. The van der Waals surface area contributed by atoms with Crippen molar-refractivity contribution in [1.29, 1.82) is 0 Å². The molecule has 0 fully saturated rings. The molecule has 194 valence electrons. The van der Waals surface area contributed by atoms with E-state index in [0.29, 0.717) is 11.4 Å². The highest BCUT2D eigenvalue weighted by Crippen LogP contribution is 2.36. The Balaban J connectivity index is 1.49. The minimum absolute atomic E-state index is 0.00781. The van der Waals surface area contributed by atoms with Crippen LogP contribution in [-0.2, 0) is 30.5 Å². The topological polar surface area (TPSA) is 118 Å². The number of nitrogens with one attached hydrogen (secondary N) is 2. The number of benzene rings is 2. The Morgan fingerprint density at radius 1 is 1.00 bits per heavy atom. The summed E-state index contributed by atoms with van der Waals surface area (Å²) in [6, 6.07) is 15.8. The number of para-hydroxylation sites is 1.